The maximum Gasteiger partial charge on any atom is 0.270 e. The summed E-state index contributed by atoms with van der Waals surface area (Å²) in [5.74, 6) is -0.139. The van der Waals surface area contributed by atoms with Crippen LogP contribution in [0.5, 0.6) is 0 Å². The van der Waals surface area contributed by atoms with Crippen molar-refractivity contribution in [1.29, 1.82) is 0 Å². The predicted octanol–water partition coefficient (Wildman–Crippen LogP) is 3.35. The first kappa shape index (κ1) is 16.5. The molecule has 0 saturated carbocycles. The van der Waals surface area contributed by atoms with Gasteiger partial charge in [-0.2, -0.15) is 0 Å². The van der Waals surface area contributed by atoms with Crippen molar-refractivity contribution in [2.75, 3.05) is 11.4 Å². The van der Waals surface area contributed by atoms with Gasteiger partial charge in [-0.15, -0.1) is 0 Å². The Bertz CT molecular complexity index is 778. The number of pyridine rings is 1. The quantitative estimate of drug-likeness (QED) is 0.926. The van der Waals surface area contributed by atoms with E-state index in [-0.39, 0.29) is 23.6 Å². The normalized spacial score (nSPS) is 15.4. The molecule has 0 aliphatic carbocycles. The van der Waals surface area contributed by atoms with Crippen LogP contribution in [0.1, 0.15) is 41.9 Å². The number of aromatic nitrogens is 1. The summed E-state index contributed by atoms with van der Waals surface area (Å²) in [6, 6.07) is 10.6. The highest BCUT2D eigenvalue weighted by molar-refractivity contribution is 6.30. The van der Waals surface area contributed by atoms with E-state index in [2.05, 4.69) is 10.3 Å². The van der Waals surface area contributed by atoms with Crippen molar-refractivity contribution < 1.29 is 9.59 Å². The fraction of sp³-hybridized carbons (Fsp3) is 0.278. The first-order valence-corrected chi connectivity index (χ1v) is 8.25. The molecule has 6 heteroatoms. The van der Waals surface area contributed by atoms with Crippen LogP contribution in [0.4, 0.5) is 5.69 Å². The highest BCUT2D eigenvalue weighted by atomic mass is 35.5. The van der Waals surface area contributed by atoms with Crippen LogP contribution in [-0.4, -0.2) is 23.3 Å². The summed E-state index contributed by atoms with van der Waals surface area (Å²) in [6.07, 6.45) is 2.98. The molecule has 3 rings (SSSR count). The number of halogens is 1. The molecule has 1 aromatic heterocycles. The summed E-state index contributed by atoms with van der Waals surface area (Å²) in [7, 11) is 0. The Labute approximate surface area is 145 Å². The number of nitrogens with one attached hydrogen (secondary N) is 1. The SMILES string of the molecule is C[C@@H](NC(=O)c1cc(Cl)ccn1)c1cccc(N2CCCC2=O)c1. The fourth-order valence-electron chi connectivity index (χ4n) is 2.77. The van der Waals surface area contributed by atoms with Crippen molar-refractivity contribution >= 4 is 29.1 Å². The maximum atomic E-state index is 12.3. The topological polar surface area (TPSA) is 62.3 Å². The molecular formula is C18H18ClN3O2. The molecule has 0 bridgehead atoms. The number of carbonyl (C=O) groups is 2. The van der Waals surface area contributed by atoms with Crippen molar-refractivity contribution in [2.45, 2.75) is 25.8 Å². The van der Waals surface area contributed by atoms with Gasteiger partial charge in [0.1, 0.15) is 5.69 Å². The number of amides is 2. The molecule has 1 aromatic carbocycles. The molecule has 124 valence electrons. The second-order valence-corrected chi connectivity index (χ2v) is 6.23. The molecule has 5 nitrogen and oxygen atoms in total. The average molecular weight is 344 g/mol. The van der Waals surface area contributed by atoms with E-state index in [4.69, 9.17) is 11.6 Å². The van der Waals surface area contributed by atoms with Gasteiger partial charge in [0.2, 0.25) is 5.91 Å². The van der Waals surface area contributed by atoms with Gasteiger partial charge in [0.05, 0.1) is 6.04 Å². The molecule has 1 aliphatic heterocycles. The Morgan fingerprint density at radius 2 is 2.17 bits per heavy atom. The Kier molecular flexibility index (Phi) is 4.81. The molecule has 0 unspecified atom stereocenters. The van der Waals surface area contributed by atoms with Gasteiger partial charge in [-0.05, 0) is 43.2 Å². The van der Waals surface area contributed by atoms with Crippen LogP contribution in [0.15, 0.2) is 42.6 Å². The number of nitrogens with zero attached hydrogens (tertiary/aromatic N) is 2. The molecular weight excluding hydrogens is 326 g/mol. The molecule has 1 atom stereocenters. The summed E-state index contributed by atoms with van der Waals surface area (Å²) in [5, 5.41) is 3.37. The van der Waals surface area contributed by atoms with Crippen LogP contribution in [0.2, 0.25) is 5.02 Å². The van der Waals surface area contributed by atoms with E-state index in [0.717, 1.165) is 24.2 Å². The first-order valence-electron chi connectivity index (χ1n) is 7.87. The lowest BCUT2D eigenvalue weighted by Crippen LogP contribution is -2.28. The van der Waals surface area contributed by atoms with Crippen molar-refractivity contribution in [2.24, 2.45) is 0 Å². The lowest BCUT2D eigenvalue weighted by molar-refractivity contribution is -0.117. The molecule has 24 heavy (non-hydrogen) atoms. The van der Waals surface area contributed by atoms with Gasteiger partial charge in [-0.25, -0.2) is 0 Å². The average Bonchev–Trinajstić information content (AvgIpc) is 3.01. The Morgan fingerprint density at radius 3 is 2.88 bits per heavy atom. The molecule has 1 aliphatic rings. The van der Waals surface area contributed by atoms with E-state index in [9.17, 15) is 9.59 Å². The van der Waals surface area contributed by atoms with E-state index in [0.29, 0.717) is 11.4 Å². The van der Waals surface area contributed by atoms with Gasteiger partial charge in [-0.1, -0.05) is 23.7 Å². The van der Waals surface area contributed by atoms with Crippen molar-refractivity contribution in [3.8, 4) is 0 Å². The number of hydrogen-bond acceptors (Lipinski definition) is 3. The van der Waals surface area contributed by atoms with Crippen molar-refractivity contribution in [3.05, 3.63) is 58.9 Å². The largest absolute Gasteiger partial charge is 0.344 e. The third-order valence-corrected chi connectivity index (χ3v) is 4.29. The molecule has 2 heterocycles. The zero-order valence-electron chi connectivity index (χ0n) is 13.3. The number of hydrogen-bond donors (Lipinski definition) is 1. The van der Waals surface area contributed by atoms with Gasteiger partial charge in [0.25, 0.3) is 5.91 Å². The molecule has 0 spiro atoms. The minimum absolute atomic E-state index is 0.145. The minimum Gasteiger partial charge on any atom is -0.344 e. The molecule has 2 aromatic rings. The zero-order valence-corrected chi connectivity index (χ0v) is 14.1. The summed E-state index contributed by atoms with van der Waals surface area (Å²) in [6.45, 7) is 2.64. The number of anilines is 1. The van der Waals surface area contributed by atoms with Crippen LogP contribution in [0.25, 0.3) is 0 Å². The third-order valence-electron chi connectivity index (χ3n) is 4.06. The zero-order chi connectivity index (χ0) is 17.1. The van der Waals surface area contributed by atoms with Crippen molar-refractivity contribution in [1.82, 2.24) is 10.3 Å². The lowest BCUT2D eigenvalue weighted by atomic mass is 10.1. The predicted molar refractivity (Wildman–Crippen MR) is 93.2 cm³/mol. The van der Waals surface area contributed by atoms with Crippen LogP contribution >= 0.6 is 11.6 Å². The van der Waals surface area contributed by atoms with Gasteiger partial charge in [-0.3, -0.25) is 14.6 Å². The minimum atomic E-state index is -0.285. The second-order valence-electron chi connectivity index (χ2n) is 5.80. The lowest BCUT2D eigenvalue weighted by Gasteiger charge is -2.19. The number of benzene rings is 1. The van der Waals surface area contributed by atoms with Crippen LogP contribution in [0, 0.1) is 0 Å². The molecule has 1 fully saturated rings. The van der Waals surface area contributed by atoms with Gasteiger partial charge >= 0.3 is 0 Å². The number of rotatable bonds is 4. The molecule has 1 saturated heterocycles. The van der Waals surface area contributed by atoms with E-state index < -0.39 is 0 Å². The maximum absolute atomic E-state index is 12.3. The van der Waals surface area contributed by atoms with E-state index >= 15 is 0 Å². The Hall–Kier alpha value is -2.40. The Morgan fingerprint density at radius 1 is 1.33 bits per heavy atom. The summed E-state index contributed by atoms with van der Waals surface area (Å²) in [4.78, 5) is 30.0. The third kappa shape index (κ3) is 3.57. The standard InChI is InChI=1S/C18H18ClN3O2/c1-12(21-18(24)16-11-14(19)7-8-20-16)13-4-2-5-15(10-13)22-9-3-6-17(22)23/h2,4-5,7-8,10-12H,3,6,9H2,1H3,(H,21,24)/t12-/m1/s1. The Balaban J connectivity index is 1.74. The smallest absolute Gasteiger partial charge is 0.270 e. The first-order chi connectivity index (χ1) is 11.5. The summed E-state index contributed by atoms with van der Waals surface area (Å²) < 4.78 is 0. The van der Waals surface area contributed by atoms with E-state index in [1.807, 2.05) is 31.2 Å². The van der Waals surface area contributed by atoms with Gasteiger partial charge in [0, 0.05) is 29.9 Å². The van der Waals surface area contributed by atoms with E-state index in [1.54, 1.807) is 11.0 Å². The monoisotopic (exact) mass is 343 g/mol. The van der Waals surface area contributed by atoms with E-state index in [1.165, 1.54) is 12.3 Å². The van der Waals surface area contributed by atoms with Crippen LogP contribution in [-0.2, 0) is 4.79 Å². The molecule has 2 amide bonds. The number of carbonyl (C=O) groups excluding carboxylic acids is 2. The van der Waals surface area contributed by atoms with Crippen LogP contribution < -0.4 is 10.2 Å². The van der Waals surface area contributed by atoms with Crippen LogP contribution in [0.3, 0.4) is 0 Å². The fourth-order valence-corrected chi connectivity index (χ4v) is 2.93. The van der Waals surface area contributed by atoms with Gasteiger partial charge < -0.3 is 10.2 Å². The highest BCUT2D eigenvalue weighted by Crippen LogP contribution is 2.25. The van der Waals surface area contributed by atoms with Crippen molar-refractivity contribution in [3.63, 3.8) is 0 Å². The highest BCUT2D eigenvalue weighted by Gasteiger charge is 2.22. The summed E-state index contributed by atoms with van der Waals surface area (Å²) >= 11 is 5.89. The molecule has 0 radical (unpaired) electrons. The summed E-state index contributed by atoms with van der Waals surface area (Å²) in [5.41, 5.74) is 2.08. The second kappa shape index (κ2) is 7.01. The molecule has 1 N–H and O–H groups in total. The van der Waals surface area contributed by atoms with Gasteiger partial charge in [0.15, 0.2) is 0 Å².